The number of hydrazine groups is 1. The van der Waals surface area contributed by atoms with E-state index in [1.807, 2.05) is 24.1 Å². The monoisotopic (exact) mass is 244 g/mol. The van der Waals surface area contributed by atoms with Crippen molar-refractivity contribution in [1.29, 1.82) is 0 Å². The second kappa shape index (κ2) is 5.80. The number of benzene rings is 1. The number of aryl methyl sites for hydroxylation is 2. The van der Waals surface area contributed by atoms with Crippen molar-refractivity contribution in [3.8, 4) is 0 Å². The molecule has 3 N–H and O–H groups in total. The molecule has 0 saturated heterocycles. The Labute approximate surface area is 108 Å². The molecular formula is C14H20N4. The quantitative estimate of drug-likeness (QED) is 0.616. The van der Waals surface area contributed by atoms with E-state index in [1.165, 1.54) is 16.7 Å². The predicted octanol–water partition coefficient (Wildman–Crippen LogP) is 1.35. The molecule has 1 aromatic heterocycles. The van der Waals surface area contributed by atoms with Crippen molar-refractivity contribution in [2.45, 2.75) is 25.8 Å². The Morgan fingerprint density at radius 1 is 1.22 bits per heavy atom. The van der Waals surface area contributed by atoms with Crippen molar-refractivity contribution in [3.05, 3.63) is 53.3 Å². The highest BCUT2D eigenvalue weighted by Crippen LogP contribution is 2.09. The summed E-state index contributed by atoms with van der Waals surface area (Å²) in [6, 6.07) is 8.81. The first-order valence-electron chi connectivity index (χ1n) is 6.16. The molecule has 1 atom stereocenters. The van der Waals surface area contributed by atoms with E-state index in [4.69, 9.17) is 5.84 Å². The number of hydrogen-bond donors (Lipinski definition) is 2. The Morgan fingerprint density at radius 2 is 1.89 bits per heavy atom. The van der Waals surface area contributed by atoms with Crippen LogP contribution in [0.4, 0.5) is 0 Å². The highest BCUT2D eigenvalue weighted by atomic mass is 15.2. The molecule has 0 amide bonds. The number of nitrogens with zero attached hydrogens (tertiary/aromatic N) is 2. The molecule has 2 rings (SSSR count). The number of nitrogens with one attached hydrogen (secondary N) is 1. The zero-order valence-electron chi connectivity index (χ0n) is 10.9. The molecule has 18 heavy (non-hydrogen) atoms. The lowest BCUT2D eigenvalue weighted by atomic mass is 10.0. The minimum absolute atomic E-state index is 0.233. The molecule has 1 unspecified atom stereocenters. The molecule has 1 aromatic carbocycles. The van der Waals surface area contributed by atoms with Crippen LogP contribution in [0.25, 0.3) is 0 Å². The fourth-order valence-electron chi connectivity index (χ4n) is 2.06. The summed E-state index contributed by atoms with van der Waals surface area (Å²) in [6.45, 7) is 2.10. The van der Waals surface area contributed by atoms with Gasteiger partial charge in [0.1, 0.15) is 0 Å². The first kappa shape index (κ1) is 12.8. The summed E-state index contributed by atoms with van der Waals surface area (Å²) in [5.41, 5.74) is 6.67. The fraction of sp³-hybridized carbons (Fsp3) is 0.357. The van der Waals surface area contributed by atoms with Crippen molar-refractivity contribution in [1.82, 2.24) is 15.2 Å². The molecule has 0 bridgehead atoms. The van der Waals surface area contributed by atoms with Crippen LogP contribution in [0.5, 0.6) is 0 Å². The Balaban J connectivity index is 1.99. The van der Waals surface area contributed by atoms with E-state index in [1.54, 1.807) is 0 Å². The molecule has 96 valence electrons. The number of nitrogens with two attached hydrogens (primary N) is 1. The first-order valence-corrected chi connectivity index (χ1v) is 6.16. The molecule has 0 aliphatic rings. The average Bonchev–Trinajstić information content (AvgIpc) is 2.77. The Morgan fingerprint density at radius 3 is 2.44 bits per heavy atom. The molecule has 0 saturated carbocycles. The van der Waals surface area contributed by atoms with Gasteiger partial charge in [-0.3, -0.25) is 16.0 Å². The van der Waals surface area contributed by atoms with E-state index in [-0.39, 0.29) is 6.04 Å². The average molecular weight is 244 g/mol. The van der Waals surface area contributed by atoms with Gasteiger partial charge in [0.25, 0.3) is 0 Å². The predicted molar refractivity (Wildman–Crippen MR) is 72.9 cm³/mol. The van der Waals surface area contributed by atoms with Crippen molar-refractivity contribution in [2.75, 3.05) is 0 Å². The molecular weight excluding hydrogens is 224 g/mol. The summed E-state index contributed by atoms with van der Waals surface area (Å²) in [5, 5.41) is 4.17. The maximum Gasteiger partial charge on any atom is 0.0522 e. The van der Waals surface area contributed by atoms with Crippen LogP contribution in [-0.2, 0) is 19.9 Å². The SMILES string of the molecule is Cc1ccc(CC(Cc2cnn(C)c2)NN)cc1. The maximum atomic E-state index is 5.63. The third-order valence-corrected chi connectivity index (χ3v) is 3.08. The molecule has 4 nitrogen and oxygen atoms in total. The Kier molecular flexibility index (Phi) is 4.12. The van der Waals surface area contributed by atoms with E-state index in [0.717, 1.165) is 12.8 Å². The van der Waals surface area contributed by atoms with E-state index >= 15 is 0 Å². The zero-order valence-corrected chi connectivity index (χ0v) is 10.9. The molecule has 1 heterocycles. The van der Waals surface area contributed by atoms with Crippen molar-refractivity contribution >= 4 is 0 Å². The third kappa shape index (κ3) is 3.42. The summed E-state index contributed by atoms with van der Waals surface area (Å²) < 4.78 is 1.81. The maximum absolute atomic E-state index is 5.63. The van der Waals surface area contributed by atoms with Gasteiger partial charge in [-0.05, 0) is 30.9 Å². The molecule has 0 spiro atoms. The Hall–Kier alpha value is -1.65. The third-order valence-electron chi connectivity index (χ3n) is 3.08. The topological polar surface area (TPSA) is 55.9 Å². The van der Waals surface area contributed by atoms with Crippen LogP contribution >= 0.6 is 0 Å². The first-order chi connectivity index (χ1) is 8.67. The lowest BCUT2D eigenvalue weighted by Crippen LogP contribution is -2.38. The summed E-state index contributed by atoms with van der Waals surface area (Å²) in [7, 11) is 1.92. The molecule has 0 radical (unpaired) electrons. The van der Waals surface area contributed by atoms with Crippen LogP contribution < -0.4 is 11.3 Å². The lowest BCUT2D eigenvalue weighted by molar-refractivity contribution is 0.522. The van der Waals surface area contributed by atoms with Crippen LogP contribution in [0.3, 0.4) is 0 Å². The second-order valence-corrected chi connectivity index (χ2v) is 4.78. The fourth-order valence-corrected chi connectivity index (χ4v) is 2.06. The van der Waals surface area contributed by atoms with Crippen LogP contribution in [0, 0.1) is 6.92 Å². The number of aromatic nitrogens is 2. The summed E-state index contributed by atoms with van der Waals surface area (Å²) in [5.74, 6) is 5.63. The molecule has 2 aromatic rings. The molecule has 0 fully saturated rings. The van der Waals surface area contributed by atoms with Gasteiger partial charge >= 0.3 is 0 Å². The van der Waals surface area contributed by atoms with E-state index in [0.29, 0.717) is 0 Å². The minimum atomic E-state index is 0.233. The van der Waals surface area contributed by atoms with Gasteiger partial charge in [0.2, 0.25) is 0 Å². The molecule has 4 heteroatoms. The lowest BCUT2D eigenvalue weighted by Gasteiger charge is -2.15. The van der Waals surface area contributed by atoms with Crippen molar-refractivity contribution in [2.24, 2.45) is 12.9 Å². The zero-order chi connectivity index (χ0) is 13.0. The minimum Gasteiger partial charge on any atom is -0.276 e. The van der Waals surface area contributed by atoms with Crippen LogP contribution in [0.1, 0.15) is 16.7 Å². The normalized spacial score (nSPS) is 12.6. The van der Waals surface area contributed by atoms with Gasteiger partial charge in [-0.15, -0.1) is 0 Å². The summed E-state index contributed by atoms with van der Waals surface area (Å²) >= 11 is 0. The highest BCUT2D eigenvalue weighted by molar-refractivity contribution is 5.22. The van der Waals surface area contributed by atoms with Gasteiger partial charge < -0.3 is 0 Å². The van der Waals surface area contributed by atoms with Gasteiger partial charge in [-0.1, -0.05) is 29.8 Å². The van der Waals surface area contributed by atoms with E-state index < -0.39 is 0 Å². The molecule has 0 aliphatic carbocycles. The van der Waals surface area contributed by atoms with Gasteiger partial charge in [0, 0.05) is 19.3 Å². The largest absolute Gasteiger partial charge is 0.276 e. The molecule has 0 aliphatic heterocycles. The van der Waals surface area contributed by atoms with Gasteiger partial charge in [0.05, 0.1) is 6.20 Å². The number of hydrogen-bond acceptors (Lipinski definition) is 3. The summed E-state index contributed by atoms with van der Waals surface area (Å²) in [4.78, 5) is 0. The van der Waals surface area contributed by atoms with Crippen LogP contribution in [0.15, 0.2) is 36.7 Å². The van der Waals surface area contributed by atoms with Gasteiger partial charge in [-0.2, -0.15) is 5.10 Å². The van der Waals surface area contributed by atoms with E-state index in [2.05, 4.69) is 41.7 Å². The van der Waals surface area contributed by atoms with E-state index in [9.17, 15) is 0 Å². The van der Waals surface area contributed by atoms with Crippen molar-refractivity contribution < 1.29 is 0 Å². The second-order valence-electron chi connectivity index (χ2n) is 4.78. The Bertz CT molecular complexity index is 487. The highest BCUT2D eigenvalue weighted by Gasteiger charge is 2.10. The standard InChI is InChI=1S/C14H20N4/c1-11-3-5-12(6-4-11)7-14(17-15)8-13-9-16-18(2)10-13/h3-6,9-10,14,17H,7-8,15H2,1-2H3. The van der Waals surface area contributed by atoms with Gasteiger partial charge in [0.15, 0.2) is 0 Å². The smallest absolute Gasteiger partial charge is 0.0522 e. The van der Waals surface area contributed by atoms with Gasteiger partial charge in [-0.25, -0.2) is 0 Å². The summed E-state index contributed by atoms with van der Waals surface area (Å²) in [6.07, 6.45) is 5.73. The van der Waals surface area contributed by atoms with Crippen molar-refractivity contribution in [3.63, 3.8) is 0 Å². The number of rotatable bonds is 5. The van der Waals surface area contributed by atoms with Crippen LogP contribution in [-0.4, -0.2) is 15.8 Å². The van der Waals surface area contributed by atoms with Crippen LogP contribution in [0.2, 0.25) is 0 Å².